The molecule has 2 amide bonds. The van der Waals surface area contributed by atoms with Gasteiger partial charge in [0, 0.05) is 19.7 Å². The standard InChI is InChI=1S/C11H10Cl2N4OS/c1-17(2)11(18)14-10-9(15-19-16-10)8-6(12)4-3-5-7(8)13/h3-5H,1-2H3,(H,14,16,18). The average Bonchev–Trinajstić information content (AvgIpc) is 2.77. The Hall–Kier alpha value is -1.37. The summed E-state index contributed by atoms with van der Waals surface area (Å²) in [4.78, 5) is 13.0. The Labute approximate surface area is 124 Å². The molecule has 0 atom stereocenters. The van der Waals surface area contributed by atoms with Crippen LogP contribution in [-0.4, -0.2) is 33.8 Å². The van der Waals surface area contributed by atoms with Crippen LogP contribution in [0.3, 0.4) is 0 Å². The molecule has 1 aromatic heterocycles. The number of hydrogen-bond acceptors (Lipinski definition) is 4. The maximum absolute atomic E-state index is 11.6. The van der Waals surface area contributed by atoms with E-state index in [9.17, 15) is 4.79 Å². The highest BCUT2D eigenvalue weighted by molar-refractivity contribution is 6.99. The fourth-order valence-electron chi connectivity index (χ4n) is 1.37. The van der Waals surface area contributed by atoms with Crippen molar-refractivity contribution in [3.63, 3.8) is 0 Å². The number of aromatic nitrogens is 2. The van der Waals surface area contributed by atoms with Crippen LogP contribution in [0.2, 0.25) is 10.0 Å². The molecule has 5 nitrogen and oxygen atoms in total. The zero-order valence-corrected chi connectivity index (χ0v) is 12.5. The molecular weight excluding hydrogens is 307 g/mol. The molecule has 100 valence electrons. The summed E-state index contributed by atoms with van der Waals surface area (Å²) in [7, 11) is 3.27. The molecule has 1 heterocycles. The lowest BCUT2D eigenvalue weighted by atomic mass is 10.1. The molecule has 0 bridgehead atoms. The molecule has 0 aliphatic heterocycles. The summed E-state index contributed by atoms with van der Waals surface area (Å²) in [5.41, 5.74) is 1.03. The smallest absolute Gasteiger partial charge is 0.322 e. The monoisotopic (exact) mass is 316 g/mol. The molecule has 0 saturated heterocycles. The molecule has 19 heavy (non-hydrogen) atoms. The Balaban J connectivity index is 2.42. The van der Waals surface area contributed by atoms with Gasteiger partial charge in [-0.1, -0.05) is 29.3 Å². The SMILES string of the molecule is CN(C)C(=O)Nc1nsnc1-c1c(Cl)cccc1Cl. The summed E-state index contributed by atoms with van der Waals surface area (Å²) < 4.78 is 8.20. The predicted molar refractivity (Wildman–Crippen MR) is 78.1 cm³/mol. The van der Waals surface area contributed by atoms with Crippen molar-refractivity contribution < 1.29 is 4.79 Å². The molecular formula is C11H10Cl2N4OS. The molecule has 2 aromatic rings. The zero-order chi connectivity index (χ0) is 14.0. The van der Waals surface area contributed by atoms with Gasteiger partial charge in [-0.25, -0.2) is 4.79 Å². The summed E-state index contributed by atoms with van der Waals surface area (Å²) in [6.07, 6.45) is 0. The third-order valence-electron chi connectivity index (χ3n) is 2.32. The van der Waals surface area contributed by atoms with Gasteiger partial charge < -0.3 is 4.90 Å². The molecule has 0 fully saturated rings. The molecule has 0 aliphatic rings. The molecule has 0 radical (unpaired) electrons. The molecule has 2 rings (SSSR count). The third kappa shape index (κ3) is 2.97. The van der Waals surface area contributed by atoms with Gasteiger partial charge >= 0.3 is 6.03 Å². The van der Waals surface area contributed by atoms with Crippen molar-refractivity contribution in [1.82, 2.24) is 13.6 Å². The van der Waals surface area contributed by atoms with E-state index in [1.165, 1.54) is 4.90 Å². The van der Waals surface area contributed by atoms with Gasteiger partial charge in [-0.2, -0.15) is 8.75 Å². The number of carbonyl (C=O) groups is 1. The highest BCUT2D eigenvalue weighted by atomic mass is 35.5. The molecule has 1 N–H and O–H groups in total. The minimum Gasteiger partial charge on any atom is -0.331 e. The number of halogens is 2. The summed E-state index contributed by atoms with van der Waals surface area (Å²) in [5.74, 6) is 0.346. The van der Waals surface area contributed by atoms with Crippen molar-refractivity contribution in [2.24, 2.45) is 0 Å². The van der Waals surface area contributed by atoms with Gasteiger partial charge in [0.1, 0.15) is 5.69 Å². The number of nitrogens with one attached hydrogen (secondary N) is 1. The number of carbonyl (C=O) groups excluding carboxylic acids is 1. The van der Waals surface area contributed by atoms with Crippen molar-refractivity contribution >= 4 is 46.8 Å². The van der Waals surface area contributed by atoms with Crippen LogP contribution in [0.15, 0.2) is 18.2 Å². The predicted octanol–water partition coefficient (Wildman–Crippen LogP) is 3.61. The molecule has 1 aromatic carbocycles. The third-order valence-corrected chi connectivity index (χ3v) is 3.48. The minimum absolute atomic E-state index is 0.294. The van der Waals surface area contributed by atoms with Crippen molar-refractivity contribution in [3.05, 3.63) is 28.2 Å². The Bertz CT molecular complexity index is 594. The van der Waals surface area contributed by atoms with Crippen molar-refractivity contribution in [1.29, 1.82) is 0 Å². The van der Waals surface area contributed by atoms with Gasteiger partial charge in [-0.3, -0.25) is 5.32 Å². The topological polar surface area (TPSA) is 58.1 Å². The summed E-state index contributed by atoms with van der Waals surface area (Å²) >= 11 is 13.2. The van der Waals surface area contributed by atoms with Crippen molar-refractivity contribution in [2.45, 2.75) is 0 Å². The van der Waals surface area contributed by atoms with Crippen LogP contribution >= 0.6 is 34.9 Å². The first kappa shape index (κ1) is 14.0. The molecule has 0 spiro atoms. The largest absolute Gasteiger partial charge is 0.331 e. The number of nitrogens with zero attached hydrogens (tertiary/aromatic N) is 3. The molecule has 0 aliphatic carbocycles. The second kappa shape index (κ2) is 5.73. The Morgan fingerprint density at radius 1 is 1.26 bits per heavy atom. The van der Waals surface area contributed by atoms with Crippen LogP contribution in [-0.2, 0) is 0 Å². The minimum atomic E-state index is -0.294. The molecule has 0 saturated carbocycles. The van der Waals surface area contributed by atoms with Crippen LogP contribution < -0.4 is 5.32 Å². The van der Waals surface area contributed by atoms with Crippen LogP contribution in [0.5, 0.6) is 0 Å². The van der Waals surface area contributed by atoms with Crippen molar-refractivity contribution in [2.75, 3.05) is 19.4 Å². The average molecular weight is 317 g/mol. The van der Waals surface area contributed by atoms with Gasteiger partial charge in [-0.05, 0) is 12.1 Å². The van der Waals surface area contributed by atoms with Gasteiger partial charge in [0.2, 0.25) is 0 Å². The van der Waals surface area contributed by atoms with E-state index >= 15 is 0 Å². The van der Waals surface area contributed by atoms with Gasteiger partial charge in [0.05, 0.1) is 21.8 Å². The van der Waals surface area contributed by atoms with Crippen LogP contribution in [0.4, 0.5) is 10.6 Å². The Morgan fingerprint density at radius 3 is 2.47 bits per heavy atom. The lowest BCUT2D eigenvalue weighted by molar-refractivity contribution is 0.230. The number of benzene rings is 1. The summed E-state index contributed by atoms with van der Waals surface area (Å²) in [5, 5.41) is 3.57. The van der Waals surface area contributed by atoms with Gasteiger partial charge in [-0.15, -0.1) is 0 Å². The molecule has 0 unspecified atom stereocenters. The lowest BCUT2D eigenvalue weighted by Gasteiger charge is -2.11. The Kier molecular flexibility index (Phi) is 4.24. The maximum Gasteiger partial charge on any atom is 0.322 e. The van der Waals surface area contributed by atoms with E-state index in [0.717, 1.165) is 11.7 Å². The first-order chi connectivity index (χ1) is 9.00. The van der Waals surface area contributed by atoms with E-state index in [-0.39, 0.29) is 6.03 Å². The summed E-state index contributed by atoms with van der Waals surface area (Å²) in [6, 6.07) is 4.86. The highest BCUT2D eigenvalue weighted by Crippen LogP contribution is 2.37. The van der Waals surface area contributed by atoms with Gasteiger partial charge in [0.25, 0.3) is 0 Å². The number of hydrogen-bond donors (Lipinski definition) is 1. The van der Waals surface area contributed by atoms with E-state index in [1.54, 1.807) is 32.3 Å². The number of amides is 2. The number of urea groups is 1. The summed E-state index contributed by atoms with van der Waals surface area (Å²) in [6.45, 7) is 0. The first-order valence-corrected chi connectivity index (χ1v) is 6.74. The van der Waals surface area contributed by atoms with E-state index in [0.29, 0.717) is 27.1 Å². The molecule has 8 heteroatoms. The number of anilines is 1. The second-order valence-corrected chi connectivity index (χ2v) is 5.23. The fraction of sp³-hybridized carbons (Fsp3) is 0.182. The van der Waals surface area contributed by atoms with Crippen LogP contribution in [0, 0.1) is 0 Å². The van der Waals surface area contributed by atoms with Crippen LogP contribution in [0.25, 0.3) is 11.3 Å². The van der Waals surface area contributed by atoms with E-state index < -0.39 is 0 Å². The van der Waals surface area contributed by atoms with Crippen molar-refractivity contribution in [3.8, 4) is 11.3 Å². The van der Waals surface area contributed by atoms with E-state index in [1.807, 2.05) is 0 Å². The van der Waals surface area contributed by atoms with Gasteiger partial charge in [0.15, 0.2) is 5.82 Å². The normalized spacial score (nSPS) is 10.3. The van der Waals surface area contributed by atoms with E-state index in [4.69, 9.17) is 23.2 Å². The number of rotatable bonds is 2. The second-order valence-electron chi connectivity index (χ2n) is 3.88. The highest BCUT2D eigenvalue weighted by Gasteiger charge is 2.18. The first-order valence-electron chi connectivity index (χ1n) is 5.26. The lowest BCUT2D eigenvalue weighted by Crippen LogP contribution is -2.27. The maximum atomic E-state index is 11.6. The van der Waals surface area contributed by atoms with E-state index in [2.05, 4.69) is 14.1 Å². The zero-order valence-electron chi connectivity index (χ0n) is 10.1. The quantitative estimate of drug-likeness (QED) is 0.920. The van der Waals surface area contributed by atoms with Crippen LogP contribution in [0.1, 0.15) is 0 Å². The Morgan fingerprint density at radius 2 is 1.89 bits per heavy atom. The fourth-order valence-corrected chi connectivity index (χ4v) is 2.46.